The Hall–Kier alpha value is -2.65. The van der Waals surface area contributed by atoms with Gasteiger partial charge in [-0.15, -0.1) is 11.3 Å². The van der Waals surface area contributed by atoms with Gasteiger partial charge >= 0.3 is 0 Å². The number of nitrogens with zero attached hydrogens (tertiary/aromatic N) is 2. The lowest BCUT2D eigenvalue weighted by molar-refractivity contribution is -0.122. The van der Waals surface area contributed by atoms with E-state index in [4.69, 9.17) is 4.74 Å². The molecule has 0 atom stereocenters. The van der Waals surface area contributed by atoms with Crippen LogP contribution in [0.2, 0.25) is 0 Å². The molecule has 3 aromatic rings. The van der Waals surface area contributed by atoms with Crippen LogP contribution in [0.1, 0.15) is 30.4 Å². The molecule has 0 saturated carbocycles. The number of benzene rings is 1. The molecule has 0 aliphatic rings. The van der Waals surface area contributed by atoms with E-state index in [0.717, 1.165) is 27.8 Å². The maximum atomic E-state index is 12.6. The molecule has 2 N–H and O–H groups in total. The number of amides is 2. The predicted octanol–water partition coefficient (Wildman–Crippen LogP) is 3.97. The van der Waals surface area contributed by atoms with Crippen molar-refractivity contribution in [3.63, 3.8) is 0 Å². The lowest BCUT2D eigenvalue weighted by atomic mass is 10.3. The smallest absolute Gasteiger partial charge is 0.265 e. The monoisotopic (exact) mass is 432 g/mol. The summed E-state index contributed by atoms with van der Waals surface area (Å²) in [6.07, 6.45) is 0. The normalized spacial score (nSPS) is 10.7. The lowest BCUT2D eigenvalue weighted by Gasteiger charge is -2.16. The fourth-order valence-corrected chi connectivity index (χ4v) is 4.95. The highest BCUT2D eigenvalue weighted by molar-refractivity contribution is 7.29. The molecule has 1 aromatic carbocycles. The van der Waals surface area contributed by atoms with Crippen LogP contribution in [0.3, 0.4) is 0 Å². The SMILES string of the molecule is CCNC(=O)COc1cccc(NC(=O)c2cc3sc(N(CC)CC)nc3s2)c1. The number of thiophene rings is 1. The van der Waals surface area contributed by atoms with Gasteiger partial charge < -0.3 is 20.3 Å². The molecule has 0 radical (unpaired) electrons. The van der Waals surface area contributed by atoms with Crippen molar-refractivity contribution in [1.29, 1.82) is 0 Å². The van der Waals surface area contributed by atoms with Crippen molar-refractivity contribution >= 4 is 54.8 Å². The number of rotatable bonds is 9. The molecule has 0 unspecified atom stereocenters. The number of hydrogen-bond donors (Lipinski definition) is 2. The van der Waals surface area contributed by atoms with Crippen LogP contribution < -0.4 is 20.3 Å². The summed E-state index contributed by atoms with van der Waals surface area (Å²) in [5.41, 5.74) is 0.608. The number of fused-ring (bicyclic) bond motifs is 1. The molecular formula is C20H24N4O3S2. The minimum atomic E-state index is -0.189. The predicted molar refractivity (Wildman–Crippen MR) is 120 cm³/mol. The molecule has 7 nitrogen and oxygen atoms in total. The van der Waals surface area contributed by atoms with E-state index in [1.165, 1.54) is 11.3 Å². The highest BCUT2D eigenvalue weighted by Crippen LogP contribution is 2.35. The molecule has 9 heteroatoms. The second-order valence-corrected chi connectivity index (χ2v) is 8.21. The number of anilines is 2. The summed E-state index contributed by atoms with van der Waals surface area (Å²) in [6.45, 7) is 8.36. The molecule has 2 amide bonds. The Bertz CT molecular complexity index is 963. The van der Waals surface area contributed by atoms with Gasteiger partial charge in [-0.3, -0.25) is 9.59 Å². The third-order valence-corrected chi connectivity index (χ3v) is 6.39. The van der Waals surface area contributed by atoms with Gasteiger partial charge in [-0.2, -0.15) is 0 Å². The first-order chi connectivity index (χ1) is 14.0. The largest absolute Gasteiger partial charge is 0.484 e. The Morgan fingerprint density at radius 1 is 1.14 bits per heavy atom. The van der Waals surface area contributed by atoms with Gasteiger partial charge in [-0.25, -0.2) is 4.98 Å². The highest BCUT2D eigenvalue weighted by atomic mass is 32.1. The first-order valence-corrected chi connectivity index (χ1v) is 11.1. The van der Waals surface area contributed by atoms with Crippen LogP contribution >= 0.6 is 22.7 Å². The molecule has 0 aliphatic carbocycles. The molecule has 2 aromatic heterocycles. The summed E-state index contributed by atoms with van der Waals surface area (Å²) in [5, 5.41) is 6.54. The Morgan fingerprint density at radius 3 is 2.62 bits per heavy atom. The van der Waals surface area contributed by atoms with Crippen LogP contribution in [0.5, 0.6) is 5.75 Å². The zero-order valence-corrected chi connectivity index (χ0v) is 18.3. The molecule has 29 heavy (non-hydrogen) atoms. The van der Waals surface area contributed by atoms with Gasteiger partial charge in [0.05, 0.1) is 9.58 Å². The van der Waals surface area contributed by atoms with Crippen LogP contribution in [0.25, 0.3) is 9.53 Å². The first kappa shape index (κ1) is 21.1. The summed E-state index contributed by atoms with van der Waals surface area (Å²) >= 11 is 2.99. The van der Waals surface area contributed by atoms with Gasteiger partial charge in [-0.1, -0.05) is 17.4 Å². The minimum Gasteiger partial charge on any atom is -0.484 e. The number of hydrogen-bond acceptors (Lipinski definition) is 7. The summed E-state index contributed by atoms with van der Waals surface area (Å²) in [5.74, 6) is 0.148. The lowest BCUT2D eigenvalue weighted by Crippen LogP contribution is -2.28. The minimum absolute atomic E-state index is 0.0625. The molecule has 0 fully saturated rings. The van der Waals surface area contributed by atoms with Gasteiger partial charge in [0, 0.05) is 31.4 Å². The number of nitrogens with one attached hydrogen (secondary N) is 2. The summed E-state index contributed by atoms with van der Waals surface area (Å²) < 4.78 is 6.48. The number of thiazole rings is 1. The van der Waals surface area contributed by atoms with Crippen molar-refractivity contribution in [2.45, 2.75) is 20.8 Å². The Kier molecular flexibility index (Phi) is 7.05. The van der Waals surface area contributed by atoms with Gasteiger partial charge in [-0.05, 0) is 39.0 Å². The van der Waals surface area contributed by atoms with Crippen LogP contribution in [-0.4, -0.2) is 43.0 Å². The maximum absolute atomic E-state index is 12.6. The fraction of sp³-hybridized carbons (Fsp3) is 0.350. The number of ether oxygens (including phenoxy) is 1. The van der Waals surface area contributed by atoms with Crippen LogP contribution in [0.4, 0.5) is 10.8 Å². The molecule has 0 bridgehead atoms. The quantitative estimate of drug-likeness (QED) is 0.535. The maximum Gasteiger partial charge on any atom is 0.265 e. The van der Waals surface area contributed by atoms with E-state index in [1.54, 1.807) is 35.6 Å². The van der Waals surface area contributed by atoms with Gasteiger partial charge in [0.2, 0.25) is 0 Å². The van der Waals surface area contributed by atoms with Crippen molar-refractivity contribution in [3.05, 3.63) is 35.2 Å². The van der Waals surface area contributed by atoms with E-state index in [9.17, 15) is 9.59 Å². The van der Waals surface area contributed by atoms with Gasteiger partial charge in [0.15, 0.2) is 11.7 Å². The van der Waals surface area contributed by atoms with Crippen molar-refractivity contribution in [2.75, 3.05) is 36.5 Å². The second kappa shape index (κ2) is 9.71. The Balaban J connectivity index is 1.66. The van der Waals surface area contributed by atoms with Crippen molar-refractivity contribution in [3.8, 4) is 5.75 Å². The number of likely N-dealkylation sites (N-methyl/N-ethyl adjacent to an activating group) is 1. The van der Waals surface area contributed by atoms with E-state index >= 15 is 0 Å². The number of aromatic nitrogens is 1. The second-order valence-electron chi connectivity index (χ2n) is 6.17. The summed E-state index contributed by atoms with van der Waals surface area (Å²) in [6, 6.07) is 8.88. The van der Waals surface area contributed by atoms with Crippen LogP contribution in [0, 0.1) is 0 Å². The zero-order valence-electron chi connectivity index (χ0n) is 16.7. The Labute approximate surface area is 177 Å². The van der Waals surface area contributed by atoms with Crippen molar-refractivity contribution in [1.82, 2.24) is 10.3 Å². The molecule has 3 rings (SSSR count). The van der Waals surface area contributed by atoms with E-state index in [0.29, 0.717) is 22.9 Å². The van der Waals surface area contributed by atoms with Crippen LogP contribution in [0.15, 0.2) is 30.3 Å². The van der Waals surface area contributed by atoms with Crippen LogP contribution in [-0.2, 0) is 4.79 Å². The topological polar surface area (TPSA) is 83.6 Å². The molecule has 154 valence electrons. The fourth-order valence-electron chi connectivity index (χ4n) is 2.72. The average molecular weight is 433 g/mol. The summed E-state index contributed by atoms with van der Waals surface area (Å²) in [4.78, 5) is 32.5. The molecule has 0 spiro atoms. The third-order valence-electron chi connectivity index (χ3n) is 4.17. The standard InChI is InChI=1S/C20H24N4O3S2/c1-4-21-17(25)12-27-14-9-7-8-13(10-14)22-18(26)15-11-16-19(28-15)23-20(29-16)24(5-2)6-3/h7-11H,4-6,12H2,1-3H3,(H,21,25)(H,22,26). The first-order valence-electron chi connectivity index (χ1n) is 9.50. The van der Waals surface area contributed by atoms with Crippen molar-refractivity contribution in [2.24, 2.45) is 0 Å². The van der Waals surface area contributed by atoms with Gasteiger partial charge in [0.1, 0.15) is 10.6 Å². The Morgan fingerprint density at radius 2 is 1.93 bits per heavy atom. The molecule has 2 heterocycles. The molecular weight excluding hydrogens is 408 g/mol. The van der Waals surface area contributed by atoms with E-state index < -0.39 is 0 Å². The van der Waals surface area contributed by atoms with E-state index in [1.807, 2.05) is 13.0 Å². The third kappa shape index (κ3) is 5.24. The van der Waals surface area contributed by atoms with Crippen molar-refractivity contribution < 1.29 is 14.3 Å². The van der Waals surface area contributed by atoms with E-state index in [-0.39, 0.29) is 18.4 Å². The van der Waals surface area contributed by atoms with Gasteiger partial charge in [0.25, 0.3) is 11.8 Å². The summed E-state index contributed by atoms with van der Waals surface area (Å²) in [7, 11) is 0. The molecule has 0 saturated heterocycles. The highest BCUT2D eigenvalue weighted by Gasteiger charge is 2.16. The number of carbonyl (C=O) groups excluding carboxylic acids is 2. The number of carbonyl (C=O) groups is 2. The average Bonchev–Trinajstić information content (AvgIpc) is 3.27. The molecule has 0 aliphatic heterocycles. The van der Waals surface area contributed by atoms with E-state index in [2.05, 4.69) is 34.4 Å². The zero-order chi connectivity index (χ0) is 20.8.